The molecule has 1 aliphatic heterocycles. The number of nitrogens with one attached hydrogen (secondary N) is 2. The summed E-state index contributed by atoms with van der Waals surface area (Å²) in [6.07, 6.45) is 1.25. The molecule has 2 rings (SSSR count). The second kappa shape index (κ2) is 5.86. The van der Waals surface area contributed by atoms with Crippen LogP contribution in [0.5, 0.6) is 0 Å². The summed E-state index contributed by atoms with van der Waals surface area (Å²) in [5, 5.41) is 12.1. The third kappa shape index (κ3) is 3.82. The van der Waals surface area contributed by atoms with Gasteiger partial charge in [-0.15, -0.1) is 0 Å². The van der Waals surface area contributed by atoms with Gasteiger partial charge >= 0.3 is 7.60 Å². The van der Waals surface area contributed by atoms with Crippen molar-refractivity contribution in [1.82, 2.24) is 9.97 Å². The molecule has 11 heteroatoms. The number of nitrogens with zero attached hydrogens (tertiary/aromatic N) is 2. The van der Waals surface area contributed by atoms with Gasteiger partial charge in [0.05, 0.1) is 13.3 Å². The number of H-pyrrole nitrogens is 1. The lowest BCUT2D eigenvalue weighted by Gasteiger charge is -2.21. The molecule has 0 saturated heterocycles. The summed E-state index contributed by atoms with van der Waals surface area (Å²) >= 11 is 0. The molecule has 1 aromatic heterocycles. The van der Waals surface area contributed by atoms with Crippen LogP contribution in [0.25, 0.3) is 0 Å². The Hall–Kier alpha value is -1.87. The number of aromatic amines is 1. The minimum atomic E-state index is -4.28. The monoisotopic (exact) mass is 317 g/mol. The molecule has 0 bridgehead atoms. The van der Waals surface area contributed by atoms with E-state index >= 15 is 0 Å². The summed E-state index contributed by atoms with van der Waals surface area (Å²) < 4.78 is 10.8. The smallest absolute Gasteiger partial charge is 0.348 e. The number of aliphatic hydroxyl groups excluding tert-OH is 1. The Morgan fingerprint density at radius 1 is 1.52 bits per heavy atom. The predicted molar refractivity (Wildman–Crippen MR) is 76.9 cm³/mol. The van der Waals surface area contributed by atoms with Gasteiger partial charge in [-0.1, -0.05) is 6.08 Å². The van der Waals surface area contributed by atoms with Gasteiger partial charge in [0.1, 0.15) is 5.69 Å². The SMILES string of the molecule is Nc1nc2c(c(=O)[nH]1)NCN2CC(C=CP(=O)(O)O)CO. The normalized spacial score (nSPS) is 16.0. The molecule has 7 N–H and O–H groups in total. The fraction of sp³-hybridized carbons (Fsp3) is 0.400. The van der Waals surface area contributed by atoms with Crippen molar-refractivity contribution in [1.29, 1.82) is 0 Å². The fourth-order valence-corrected chi connectivity index (χ4v) is 2.43. The summed E-state index contributed by atoms with van der Waals surface area (Å²) in [6.45, 7) is 0.207. The highest BCUT2D eigenvalue weighted by Gasteiger charge is 2.25. The minimum absolute atomic E-state index is 0.0289. The van der Waals surface area contributed by atoms with Gasteiger partial charge < -0.3 is 30.8 Å². The molecule has 0 radical (unpaired) electrons. The molecule has 0 amide bonds. The molecule has 1 aliphatic rings. The summed E-state index contributed by atoms with van der Waals surface area (Å²) in [6, 6.07) is 0. The summed E-state index contributed by atoms with van der Waals surface area (Å²) in [4.78, 5) is 37.3. The lowest BCUT2D eigenvalue weighted by Crippen LogP contribution is -2.30. The molecule has 0 aromatic carbocycles. The second-order valence-corrected chi connectivity index (χ2v) is 6.06. The lowest BCUT2D eigenvalue weighted by atomic mass is 10.1. The highest BCUT2D eigenvalue weighted by molar-refractivity contribution is 7.55. The second-order valence-electron chi connectivity index (χ2n) is 4.58. The molecule has 0 spiro atoms. The van der Waals surface area contributed by atoms with Crippen molar-refractivity contribution >= 4 is 25.0 Å². The standard InChI is InChI=1S/C10H16N5O5P/c11-10-13-8-7(9(17)14-10)12-5-15(8)3-6(4-16)1-2-21(18,19)20/h1-2,6,12,16H,3-5H2,(H2,18,19,20)(H3,11,13,14,17). The van der Waals surface area contributed by atoms with E-state index in [1.807, 2.05) is 0 Å². The number of rotatable bonds is 5. The van der Waals surface area contributed by atoms with E-state index in [9.17, 15) is 14.5 Å². The average molecular weight is 317 g/mol. The van der Waals surface area contributed by atoms with Gasteiger partial charge in [0, 0.05) is 18.3 Å². The van der Waals surface area contributed by atoms with E-state index in [1.54, 1.807) is 4.90 Å². The minimum Gasteiger partial charge on any atom is -0.396 e. The van der Waals surface area contributed by atoms with E-state index in [4.69, 9.17) is 15.5 Å². The van der Waals surface area contributed by atoms with Crippen LogP contribution in [-0.4, -0.2) is 44.7 Å². The molecule has 1 aromatic rings. The van der Waals surface area contributed by atoms with Gasteiger partial charge in [-0.05, 0) is 0 Å². The first-order valence-corrected chi connectivity index (χ1v) is 7.72. The van der Waals surface area contributed by atoms with Gasteiger partial charge in [0.2, 0.25) is 5.95 Å². The molecular formula is C10H16N5O5P. The van der Waals surface area contributed by atoms with Crippen molar-refractivity contribution in [3.8, 4) is 0 Å². The Morgan fingerprint density at radius 2 is 2.24 bits per heavy atom. The first-order valence-electron chi connectivity index (χ1n) is 6.04. The summed E-state index contributed by atoms with van der Waals surface area (Å²) in [5.74, 6) is 0.545. The highest BCUT2D eigenvalue weighted by atomic mass is 31.2. The van der Waals surface area contributed by atoms with Crippen LogP contribution in [-0.2, 0) is 4.57 Å². The molecule has 1 atom stereocenters. The molecule has 2 heterocycles. The van der Waals surface area contributed by atoms with Crippen LogP contribution in [0.15, 0.2) is 16.7 Å². The van der Waals surface area contributed by atoms with E-state index < -0.39 is 19.1 Å². The lowest BCUT2D eigenvalue weighted by molar-refractivity contribution is 0.254. The van der Waals surface area contributed by atoms with Gasteiger partial charge in [0.15, 0.2) is 5.82 Å². The van der Waals surface area contributed by atoms with Crippen LogP contribution in [0.1, 0.15) is 0 Å². The van der Waals surface area contributed by atoms with Crippen molar-refractivity contribution in [2.45, 2.75) is 0 Å². The molecule has 1 unspecified atom stereocenters. The zero-order valence-electron chi connectivity index (χ0n) is 10.9. The average Bonchev–Trinajstić information content (AvgIpc) is 2.76. The topological polar surface area (TPSA) is 165 Å². The molecule has 116 valence electrons. The van der Waals surface area contributed by atoms with Crippen LogP contribution in [0, 0.1) is 5.92 Å². The zero-order valence-corrected chi connectivity index (χ0v) is 11.8. The van der Waals surface area contributed by atoms with Crippen LogP contribution in [0.4, 0.5) is 17.5 Å². The Balaban J connectivity index is 2.17. The largest absolute Gasteiger partial charge is 0.396 e. The molecular weight excluding hydrogens is 301 g/mol. The number of aliphatic hydroxyl groups is 1. The van der Waals surface area contributed by atoms with Crippen molar-refractivity contribution in [3.63, 3.8) is 0 Å². The van der Waals surface area contributed by atoms with E-state index in [2.05, 4.69) is 15.3 Å². The number of nitrogens with two attached hydrogens (primary N) is 1. The van der Waals surface area contributed by atoms with Gasteiger partial charge in [0.25, 0.3) is 5.56 Å². The highest BCUT2D eigenvalue weighted by Crippen LogP contribution is 2.36. The quantitative estimate of drug-likeness (QED) is 0.367. The first kappa shape index (κ1) is 15.5. The van der Waals surface area contributed by atoms with Crippen molar-refractivity contribution in [3.05, 3.63) is 22.2 Å². The first-order chi connectivity index (χ1) is 9.80. The number of nitrogen functional groups attached to an aromatic ring is 1. The van der Waals surface area contributed by atoms with Gasteiger partial charge in [-0.2, -0.15) is 4.98 Å². The molecule has 0 saturated carbocycles. The van der Waals surface area contributed by atoms with E-state index in [1.165, 1.54) is 6.08 Å². The Kier molecular flexibility index (Phi) is 4.33. The number of hydrogen-bond acceptors (Lipinski definition) is 7. The number of hydrogen-bond donors (Lipinski definition) is 6. The van der Waals surface area contributed by atoms with Crippen molar-refractivity contribution in [2.24, 2.45) is 5.92 Å². The van der Waals surface area contributed by atoms with Crippen LogP contribution < -0.4 is 21.5 Å². The van der Waals surface area contributed by atoms with Crippen LogP contribution in [0.2, 0.25) is 0 Å². The Morgan fingerprint density at radius 3 is 2.86 bits per heavy atom. The third-order valence-electron chi connectivity index (χ3n) is 2.91. The number of anilines is 3. The third-order valence-corrected chi connectivity index (χ3v) is 3.47. The van der Waals surface area contributed by atoms with Crippen LogP contribution in [0.3, 0.4) is 0 Å². The number of aromatic nitrogens is 2. The van der Waals surface area contributed by atoms with E-state index in [0.717, 1.165) is 5.82 Å². The molecule has 0 fully saturated rings. The van der Waals surface area contributed by atoms with Crippen molar-refractivity contribution in [2.75, 3.05) is 35.8 Å². The summed E-state index contributed by atoms with van der Waals surface area (Å²) in [7, 11) is -4.28. The van der Waals surface area contributed by atoms with E-state index in [-0.39, 0.29) is 31.5 Å². The Labute approximate surface area is 119 Å². The van der Waals surface area contributed by atoms with Gasteiger partial charge in [-0.25, -0.2) is 0 Å². The predicted octanol–water partition coefficient (Wildman–Crippen LogP) is -1.16. The molecule has 10 nitrogen and oxygen atoms in total. The molecule has 0 aliphatic carbocycles. The Bertz CT molecular complexity index is 654. The maximum atomic E-state index is 11.7. The maximum Gasteiger partial charge on any atom is 0.348 e. The zero-order chi connectivity index (χ0) is 15.6. The number of fused-ring (bicyclic) bond motifs is 1. The van der Waals surface area contributed by atoms with Gasteiger partial charge in [-0.3, -0.25) is 14.3 Å². The summed E-state index contributed by atoms with van der Waals surface area (Å²) in [5.41, 5.74) is 5.37. The molecule has 21 heavy (non-hydrogen) atoms. The van der Waals surface area contributed by atoms with Crippen molar-refractivity contribution < 1.29 is 19.5 Å². The maximum absolute atomic E-state index is 11.7. The van der Waals surface area contributed by atoms with E-state index in [0.29, 0.717) is 5.82 Å². The fourth-order valence-electron chi connectivity index (χ4n) is 1.96. The van der Waals surface area contributed by atoms with Crippen LogP contribution >= 0.6 is 7.60 Å².